The van der Waals surface area contributed by atoms with Crippen LogP contribution < -0.4 is 15.1 Å². The molecule has 2 atom stereocenters. The zero-order valence-corrected chi connectivity index (χ0v) is 24.7. The predicted octanol–water partition coefficient (Wildman–Crippen LogP) is 6.03. The second-order valence-electron chi connectivity index (χ2n) is 11.4. The van der Waals surface area contributed by atoms with Crippen LogP contribution in [0.4, 0.5) is 0 Å². The molecule has 0 saturated carbocycles. The summed E-state index contributed by atoms with van der Waals surface area (Å²) in [6, 6.07) is 29.2. The lowest BCUT2D eigenvalue weighted by atomic mass is 9.97. The van der Waals surface area contributed by atoms with Crippen LogP contribution in [0.15, 0.2) is 84.9 Å². The van der Waals surface area contributed by atoms with Gasteiger partial charge in [-0.2, -0.15) is 0 Å². The van der Waals surface area contributed by atoms with E-state index < -0.39 is 14.1 Å². The minimum Gasteiger partial charge on any atom is -0.497 e. The SMILES string of the molecule is COc1ccc(CO[C@]2(CCC=O)CCC[C@@H](CO[Si](c3ccccc3)(c3ccccc3)C(C)(C)C)O2)cc1. The molecule has 0 N–H and O–H groups in total. The zero-order chi connectivity index (χ0) is 27.8. The van der Waals surface area contributed by atoms with Crippen molar-refractivity contribution < 1.29 is 23.4 Å². The van der Waals surface area contributed by atoms with Crippen molar-refractivity contribution in [1.82, 2.24) is 0 Å². The minimum atomic E-state index is -2.67. The van der Waals surface area contributed by atoms with E-state index in [9.17, 15) is 4.79 Å². The Morgan fingerprint density at radius 2 is 1.56 bits per heavy atom. The van der Waals surface area contributed by atoms with Gasteiger partial charge in [0.25, 0.3) is 8.32 Å². The van der Waals surface area contributed by atoms with Crippen molar-refractivity contribution in [3.63, 3.8) is 0 Å². The number of ether oxygens (including phenoxy) is 3. The van der Waals surface area contributed by atoms with Crippen LogP contribution >= 0.6 is 0 Å². The standard InChI is InChI=1S/C33H42O5Si/c1-32(2,3)39(30-14-7-5-8-15-30,31-16-9-6-10-17-31)37-26-29-13-11-22-33(38-29,23-12-24-34)36-25-27-18-20-28(35-4)21-19-27/h5-10,14-21,24,29H,11-13,22-23,25-26H2,1-4H3/t29-,33+/m0/s1. The molecule has 3 aromatic rings. The van der Waals surface area contributed by atoms with Crippen LogP contribution in [0.3, 0.4) is 0 Å². The molecule has 1 aliphatic heterocycles. The molecule has 4 rings (SSSR count). The van der Waals surface area contributed by atoms with Gasteiger partial charge >= 0.3 is 0 Å². The monoisotopic (exact) mass is 546 g/mol. The highest BCUT2D eigenvalue weighted by atomic mass is 28.4. The van der Waals surface area contributed by atoms with E-state index in [4.69, 9.17) is 18.6 Å². The van der Waals surface area contributed by atoms with E-state index in [1.54, 1.807) is 7.11 Å². The van der Waals surface area contributed by atoms with Gasteiger partial charge in [0.2, 0.25) is 0 Å². The molecule has 0 aliphatic carbocycles. The lowest BCUT2D eigenvalue weighted by Crippen LogP contribution is -2.67. The molecule has 0 bridgehead atoms. The van der Waals surface area contributed by atoms with Gasteiger partial charge in [-0.3, -0.25) is 0 Å². The van der Waals surface area contributed by atoms with Crippen molar-refractivity contribution in [2.75, 3.05) is 13.7 Å². The normalized spacial score (nSPS) is 19.9. The first-order chi connectivity index (χ1) is 18.8. The van der Waals surface area contributed by atoms with Gasteiger partial charge in [-0.25, -0.2) is 0 Å². The molecule has 1 saturated heterocycles. The van der Waals surface area contributed by atoms with Gasteiger partial charge in [0, 0.05) is 19.3 Å². The van der Waals surface area contributed by atoms with Crippen molar-refractivity contribution in [3.8, 4) is 5.75 Å². The van der Waals surface area contributed by atoms with Crippen LogP contribution in [-0.4, -0.2) is 40.2 Å². The predicted molar refractivity (Wildman–Crippen MR) is 158 cm³/mol. The molecule has 0 spiro atoms. The van der Waals surface area contributed by atoms with Gasteiger partial charge in [0.05, 0.1) is 26.4 Å². The molecule has 3 aromatic carbocycles. The number of carbonyl (C=O) groups excluding carboxylic acids is 1. The molecule has 0 unspecified atom stereocenters. The van der Waals surface area contributed by atoms with E-state index in [0.29, 0.717) is 26.1 Å². The molecule has 208 valence electrons. The van der Waals surface area contributed by atoms with Crippen LogP contribution in [0, 0.1) is 0 Å². The van der Waals surface area contributed by atoms with E-state index in [2.05, 4.69) is 81.4 Å². The highest BCUT2D eigenvalue weighted by molar-refractivity contribution is 6.99. The first kappa shape index (κ1) is 29.2. The summed E-state index contributed by atoms with van der Waals surface area (Å²) < 4.78 is 25.6. The average molecular weight is 547 g/mol. The quantitative estimate of drug-likeness (QED) is 0.205. The fraction of sp³-hybridized carbons (Fsp3) is 0.424. The zero-order valence-electron chi connectivity index (χ0n) is 23.7. The van der Waals surface area contributed by atoms with Crippen molar-refractivity contribution in [2.24, 2.45) is 0 Å². The smallest absolute Gasteiger partial charge is 0.261 e. The van der Waals surface area contributed by atoms with Gasteiger partial charge in [0.1, 0.15) is 12.0 Å². The van der Waals surface area contributed by atoms with Crippen LogP contribution in [-0.2, 0) is 25.3 Å². The first-order valence-corrected chi connectivity index (χ1v) is 15.9. The van der Waals surface area contributed by atoms with E-state index in [1.807, 2.05) is 24.3 Å². The van der Waals surface area contributed by atoms with Gasteiger partial charge in [-0.05, 0) is 45.9 Å². The van der Waals surface area contributed by atoms with E-state index >= 15 is 0 Å². The molecule has 0 aromatic heterocycles. The van der Waals surface area contributed by atoms with Crippen LogP contribution in [0.25, 0.3) is 0 Å². The van der Waals surface area contributed by atoms with E-state index in [1.165, 1.54) is 10.4 Å². The maximum atomic E-state index is 11.4. The molecule has 0 radical (unpaired) electrons. The second kappa shape index (κ2) is 13.1. The van der Waals surface area contributed by atoms with E-state index in [0.717, 1.165) is 36.9 Å². The Balaban J connectivity index is 1.56. The topological polar surface area (TPSA) is 54.0 Å². The number of rotatable bonds is 12. The maximum Gasteiger partial charge on any atom is 0.261 e. The third-order valence-electron chi connectivity index (χ3n) is 7.67. The molecule has 1 heterocycles. The summed E-state index contributed by atoms with van der Waals surface area (Å²) in [5.74, 6) is 0.00216. The highest BCUT2D eigenvalue weighted by Crippen LogP contribution is 2.39. The largest absolute Gasteiger partial charge is 0.497 e. The van der Waals surface area contributed by atoms with Crippen LogP contribution in [0.5, 0.6) is 5.75 Å². The average Bonchev–Trinajstić information content (AvgIpc) is 2.96. The number of benzene rings is 3. The number of hydrogen-bond acceptors (Lipinski definition) is 5. The fourth-order valence-electron chi connectivity index (χ4n) is 5.70. The molecule has 6 heteroatoms. The van der Waals surface area contributed by atoms with Crippen molar-refractivity contribution in [2.45, 2.75) is 76.4 Å². The van der Waals surface area contributed by atoms with Crippen LogP contribution in [0.2, 0.25) is 5.04 Å². The second-order valence-corrected chi connectivity index (χ2v) is 15.7. The van der Waals surface area contributed by atoms with E-state index in [-0.39, 0.29) is 11.1 Å². The Morgan fingerprint density at radius 3 is 2.10 bits per heavy atom. The summed E-state index contributed by atoms with van der Waals surface area (Å²) in [5.41, 5.74) is 1.04. The Kier molecular flexibility index (Phi) is 9.78. The lowest BCUT2D eigenvalue weighted by Gasteiger charge is -2.45. The highest BCUT2D eigenvalue weighted by Gasteiger charge is 2.51. The Morgan fingerprint density at radius 1 is 0.949 bits per heavy atom. The molecular formula is C33H42O5Si. The number of aldehydes is 1. The summed E-state index contributed by atoms with van der Waals surface area (Å²) in [5, 5.41) is 2.40. The summed E-state index contributed by atoms with van der Waals surface area (Å²) in [7, 11) is -1.02. The third kappa shape index (κ3) is 6.87. The van der Waals surface area contributed by atoms with Crippen molar-refractivity contribution in [3.05, 3.63) is 90.5 Å². The summed E-state index contributed by atoms with van der Waals surface area (Å²) in [6.07, 6.45) is 4.36. The van der Waals surface area contributed by atoms with Crippen molar-refractivity contribution in [1.29, 1.82) is 0 Å². The number of carbonyl (C=O) groups is 1. The minimum absolute atomic E-state index is 0.107. The molecular weight excluding hydrogens is 504 g/mol. The Hall–Kier alpha value is -2.77. The van der Waals surface area contributed by atoms with Crippen molar-refractivity contribution >= 4 is 25.0 Å². The molecule has 5 nitrogen and oxygen atoms in total. The third-order valence-corrected chi connectivity index (χ3v) is 12.7. The van der Waals surface area contributed by atoms with Crippen LogP contribution in [0.1, 0.15) is 58.4 Å². The number of hydrogen-bond donors (Lipinski definition) is 0. The lowest BCUT2D eigenvalue weighted by molar-refractivity contribution is -0.291. The molecule has 1 fully saturated rings. The molecule has 39 heavy (non-hydrogen) atoms. The first-order valence-electron chi connectivity index (χ1n) is 14.0. The van der Waals surface area contributed by atoms with Gasteiger partial charge in [-0.15, -0.1) is 0 Å². The summed E-state index contributed by atoms with van der Waals surface area (Å²) >= 11 is 0. The molecule has 1 aliphatic rings. The fourth-order valence-corrected chi connectivity index (χ4v) is 10.3. The summed E-state index contributed by atoms with van der Waals surface area (Å²) in [6.45, 7) is 7.74. The Bertz CT molecular complexity index is 1120. The van der Waals surface area contributed by atoms with Gasteiger partial charge in [0.15, 0.2) is 5.79 Å². The maximum absolute atomic E-state index is 11.4. The Labute approximate surface area is 234 Å². The number of methoxy groups -OCH3 is 1. The van der Waals surface area contributed by atoms with Gasteiger partial charge in [-0.1, -0.05) is 93.6 Å². The van der Waals surface area contributed by atoms with Gasteiger partial charge < -0.3 is 23.4 Å². The summed E-state index contributed by atoms with van der Waals surface area (Å²) in [4.78, 5) is 11.4. The molecule has 0 amide bonds.